The summed E-state index contributed by atoms with van der Waals surface area (Å²) in [5.74, 6) is 0. The molecule has 0 saturated heterocycles. The Balaban J connectivity index is -0.0000000800. The van der Waals surface area contributed by atoms with Gasteiger partial charge in [-0.3, -0.25) is 10.8 Å². The first kappa shape index (κ1) is 20.4. The third-order valence-corrected chi connectivity index (χ3v) is 0.459. The fourth-order valence-corrected chi connectivity index (χ4v) is 0. The van der Waals surface area contributed by atoms with E-state index in [0.29, 0.717) is 0 Å². The summed E-state index contributed by atoms with van der Waals surface area (Å²) in [4.78, 5) is 0. The maximum Gasteiger partial charge on any atom is 0 e. The average Bonchev–Trinajstić information content (AvgIpc) is 1.38. The molecule has 0 spiro atoms. The maximum absolute atomic E-state index is 11.4. The normalized spacial score (nSPS) is 10.7. The summed E-state index contributed by atoms with van der Waals surface area (Å²) in [5.41, 5.74) is 0. The Morgan fingerprint density at radius 3 is 1.57 bits per heavy atom. The second kappa shape index (κ2) is 9.06. The first-order chi connectivity index (χ1) is 2.27. The molecule has 0 rings (SSSR count). The van der Waals surface area contributed by atoms with Crippen LogP contribution >= 0.6 is 0 Å². The monoisotopic (exact) mass is 609 g/mol. The number of alkyl halides is 1. The maximum atomic E-state index is 11.4. The first-order valence-corrected chi connectivity index (χ1v) is 1.71. The first-order valence-electron chi connectivity index (χ1n) is 1.71. The molecule has 7 heavy (non-hydrogen) atoms. The standard InChI is InChI=1S/C4H8F.2Rf/c1-3-4(2)5;;/h3-4H,1-2H3;;/q-1;;. The summed E-state index contributed by atoms with van der Waals surface area (Å²) in [6.45, 7) is 3.20. The molecule has 0 nitrogen and oxygen atoms in total. The van der Waals surface area contributed by atoms with E-state index in [4.69, 9.17) is 0 Å². The fourth-order valence-electron chi connectivity index (χ4n) is 0. The van der Waals surface area contributed by atoms with Crippen LogP contribution in [0.2, 0.25) is 0 Å². The van der Waals surface area contributed by atoms with Crippen LogP contribution in [0.15, 0.2) is 0 Å². The molecular weight excluding hydrogens is 601 g/mol. The van der Waals surface area contributed by atoms with Crippen LogP contribution in [0, 0.1) is 6.42 Å². The summed E-state index contributed by atoms with van der Waals surface area (Å²) in [6.07, 6.45) is 0.759. The zero-order chi connectivity index (χ0) is 4.28. The summed E-state index contributed by atoms with van der Waals surface area (Å²) in [6, 6.07) is 0. The third kappa shape index (κ3) is 2990. The van der Waals surface area contributed by atoms with Gasteiger partial charge in [0.05, 0.1) is 0 Å². The molecule has 0 radical (unpaired) electrons. The second-order valence-electron chi connectivity index (χ2n) is 1.01. The Hall–Kier alpha value is -2.07. The van der Waals surface area contributed by atoms with E-state index in [1.165, 1.54) is 13.3 Å². The third-order valence-electron chi connectivity index (χ3n) is 0.459. The molecule has 36 valence electrons. The summed E-state index contributed by atoms with van der Waals surface area (Å²) in [7, 11) is 0. The van der Waals surface area contributed by atoms with Gasteiger partial charge in [0.25, 0.3) is 0 Å². The van der Waals surface area contributed by atoms with Gasteiger partial charge in [-0.15, -0.1) is 0 Å². The van der Waals surface area contributed by atoms with Gasteiger partial charge in [-0.25, -0.2) is 0 Å². The van der Waals surface area contributed by atoms with Crippen LogP contribution in [0.5, 0.6) is 0 Å². The number of halogens is 1. The predicted molar refractivity (Wildman–Crippen MR) is 20.5 cm³/mol. The Morgan fingerprint density at radius 2 is 1.57 bits per heavy atom. The molecule has 0 saturated carbocycles. The van der Waals surface area contributed by atoms with E-state index in [2.05, 4.69) is 0 Å². The topological polar surface area (TPSA) is 0 Å². The molecule has 0 aliphatic rings. The van der Waals surface area contributed by atoms with Gasteiger partial charge >= 0.3 is 0 Å². The summed E-state index contributed by atoms with van der Waals surface area (Å²) in [5, 5.41) is 0. The van der Waals surface area contributed by atoms with Gasteiger partial charge in [-0.1, -0.05) is 6.92 Å². The molecule has 0 fully saturated rings. The van der Waals surface area contributed by atoms with Crippen molar-refractivity contribution in [3.8, 4) is 0 Å². The SMILES string of the molecule is C[CH-]C(C)F.[Rf].[Rf]. The molecule has 0 bridgehead atoms. The molecular formula is C4H8FRf2-. The zero-order valence-corrected chi connectivity index (χ0v) is 17.7. The molecule has 0 heterocycles. The molecule has 1 atom stereocenters. The fraction of sp³-hybridized carbons (Fsp3) is 0.750. The van der Waals surface area contributed by atoms with E-state index in [9.17, 15) is 4.39 Å². The zero-order valence-electron chi connectivity index (χ0n) is 4.95. The molecule has 0 aromatic carbocycles. The molecule has 0 aromatic heterocycles. The largest absolute Gasteiger partial charge is 0.298 e. The van der Waals surface area contributed by atoms with Crippen LogP contribution in [-0.4, -0.2) is 6.17 Å². The summed E-state index contributed by atoms with van der Waals surface area (Å²) < 4.78 is 11.4. The van der Waals surface area contributed by atoms with Crippen molar-refractivity contribution < 1.29 is 4.39 Å². The van der Waals surface area contributed by atoms with Gasteiger partial charge in [-0.2, -0.15) is 6.92 Å². The Kier molecular flexibility index (Phi) is 26.5. The van der Waals surface area contributed by atoms with Gasteiger partial charge in [0.1, 0.15) is 0 Å². The molecule has 3 heteroatoms. The second-order valence-corrected chi connectivity index (χ2v) is 1.01. The van der Waals surface area contributed by atoms with Crippen molar-refractivity contribution >= 4 is 0 Å². The Morgan fingerprint density at radius 1 is 1.43 bits per heavy atom. The van der Waals surface area contributed by atoms with Crippen molar-refractivity contribution in [2.45, 2.75) is 20.0 Å². The number of hydrogen-bond acceptors (Lipinski definition) is 0. The van der Waals surface area contributed by atoms with E-state index in [1.54, 1.807) is 6.92 Å². The molecule has 0 amide bonds. The minimum absolute atomic E-state index is 0. The van der Waals surface area contributed by atoms with Crippen molar-refractivity contribution in [3.05, 3.63) is 6.42 Å². The minimum atomic E-state index is -0.741. The van der Waals surface area contributed by atoms with E-state index in [-0.39, 0.29) is 0 Å². The van der Waals surface area contributed by atoms with Crippen LogP contribution < -0.4 is 0 Å². The van der Waals surface area contributed by atoms with E-state index >= 15 is 0 Å². The van der Waals surface area contributed by atoms with Crippen LogP contribution in [0.1, 0.15) is 13.8 Å². The van der Waals surface area contributed by atoms with Gasteiger partial charge in [-0.05, 0) is 6.17 Å². The van der Waals surface area contributed by atoms with Gasteiger partial charge < -0.3 is 0 Å². The Bertz CT molecular complexity index is 23.7. The van der Waals surface area contributed by atoms with Crippen LogP contribution in [0.4, 0.5) is 4.39 Å². The van der Waals surface area contributed by atoms with Crippen molar-refractivity contribution in [1.29, 1.82) is 0 Å². The molecule has 0 N–H and O–H groups in total. The van der Waals surface area contributed by atoms with Crippen molar-refractivity contribution in [1.82, 2.24) is 0 Å². The molecule has 0 aromatic rings. The van der Waals surface area contributed by atoms with Crippen molar-refractivity contribution in [2.24, 2.45) is 0 Å². The van der Waals surface area contributed by atoms with E-state index in [1.807, 2.05) is 0 Å². The molecule has 1 unspecified atom stereocenters. The number of hydrogen-bond donors (Lipinski definition) is 0. The minimum Gasteiger partial charge on any atom is -0.298 e. The number of rotatable bonds is 1. The van der Waals surface area contributed by atoms with Crippen LogP contribution in [-0.2, 0) is 0 Å². The van der Waals surface area contributed by atoms with Gasteiger partial charge in [0.15, 0.2) is 0 Å². The van der Waals surface area contributed by atoms with Gasteiger partial charge in [0, 0.05) is 0 Å². The molecule has 0 aliphatic heterocycles. The van der Waals surface area contributed by atoms with Crippen LogP contribution in [0.3, 0.4) is 0 Å². The van der Waals surface area contributed by atoms with Gasteiger partial charge in [0.2, 0.25) is 0 Å². The smallest absolute Gasteiger partial charge is 0 e. The predicted octanol–water partition coefficient (Wildman–Crippen LogP) is 1.57. The van der Waals surface area contributed by atoms with Crippen LogP contribution in [0.25, 0.3) is 0 Å². The molecule has 0 aliphatic carbocycles. The Labute approximate surface area is 32.0 Å². The average molecular weight is 609 g/mol. The summed E-state index contributed by atoms with van der Waals surface area (Å²) >= 11 is 0. The van der Waals surface area contributed by atoms with E-state index in [0.717, 1.165) is 0 Å². The van der Waals surface area contributed by atoms with E-state index < -0.39 is 6.17 Å². The van der Waals surface area contributed by atoms with Crippen molar-refractivity contribution in [2.75, 3.05) is 0 Å². The quantitative estimate of drug-likeness (QED) is 0.397. The van der Waals surface area contributed by atoms with Crippen molar-refractivity contribution in [3.63, 3.8) is 0 Å².